The number of ether oxygens (including phenoxy) is 1. The van der Waals surface area contributed by atoms with E-state index >= 15 is 0 Å². The lowest BCUT2D eigenvalue weighted by Crippen LogP contribution is -2.48. The summed E-state index contributed by atoms with van der Waals surface area (Å²) in [5.41, 5.74) is 1.75. The number of hydrogen-bond acceptors (Lipinski definition) is 5. The number of aliphatic hydroxyl groups excluding tert-OH is 1. The summed E-state index contributed by atoms with van der Waals surface area (Å²) in [6.07, 6.45) is -0.313. The minimum Gasteiger partial charge on any atom is -0.390 e. The number of rotatable bonds is 3. The molecule has 2 aliphatic heterocycles. The summed E-state index contributed by atoms with van der Waals surface area (Å²) < 4.78 is 5.37. The Hall–Kier alpha value is -0.660. The minimum absolute atomic E-state index is 0.192. The maximum atomic E-state index is 10.3. The van der Waals surface area contributed by atoms with Crippen LogP contribution >= 0.6 is 11.6 Å². The molecule has 0 amide bonds. The molecule has 2 aliphatic rings. The van der Waals surface area contributed by atoms with Crippen LogP contribution in [-0.4, -0.2) is 76.6 Å². The van der Waals surface area contributed by atoms with Gasteiger partial charge in [0.2, 0.25) is 0 Å². The van der Waals surface area contributed by atoms with Gasteiger partial charge in [0, 0.05) is 38.8 Å². The first-order valence-electron chi connectivity index (χ1n) is 7.06. The van der Waals surface area contributed by atoms with Crippen LogP contribution in [0.1, 0.15) is 11.4 Å². The van der Waals surface area contributed by atoms with Crippen LogP contribution in [0, 0.1) is 6.92 Å². The Morgan fingerprint density at radius 1 is 1.40 bits per heavy atom. The normalized spacial score (nSPS) is 29.1. The van der Waals surface area contributed by atoms with Crippen molar-refractivity contribution in [2.75, 3.05) is 39.4 Å². The fraction of sp³-hybridized carbons (Fsp3) is 0.769. The fourth-order valence-electron chi connectivity index (χ4n) is 3.03. The number of aryl methyl sites for hydroxylation is 1. The second-order valence-electron chi connectivity index (χ2n) is 5.59. The highest BCUT2D eigenvalue weighted by atomic mass is 35.5. The number of hydrogen-bond donors (Lipinski definition) is 2. The fourth-order valence-corrected chi connectivity index (χ4v) is 3.17. The Morgan fingerprint density at radius 3 is 2.80 bits per heavy atom. The minimum atomic E-state index is -0.313. The van der Waals surface area contributed by atoms with Crippen molar-refractivity contribution in [3.05, 3.63) is 16.4 Å². The van der Waals surface area contributed by atoms with Gasteiger partial charge in [0.1, 0.15) is 0 Å². The average molecular weight is 301 g/mol. The maximum Gasteiger partial charge on any atom is 0.0951 e. The molecule has 2 atom stereocenters. The van der Waals surface area contributed by atoms with E-state index in [-0.39, 0.29) is 12.1 Å². The first-order valence-corrected chi connectivity index (χ1v) is 7.44. The molecule has 2 saturated heterocycles. The van der Waals surface area contributed by atoms with E-state index in [1.807, 2.05) is 6.92 Å². The van der Waals surface area contributed by atoms with Gasteiger partial charge in [-0.15, -0.1) is 0 Å². The standard InChI is InChI=1S/C13H21ClN4O2/c1-9-13(14)10(16-15-9)6-17-7-11(12(19)8-17)18-2-4-20-5-3-18/h11-12,19H,2-8H2,1H3,(H,15,16)/t11-,12-/m0/s1. The van der Waals surface area contributed by atoms with Crippen molar-refractivity contribution in [3.63, 3.8) is 0 Å². The predicted molar refractivity (Wildman–Crippen MR) is 75.8 cm³/mol. The van der Waals surface area contributed by atoms with Gasteiger partial charge in [0.15, 0.2) is 0 Å². The van der Waals surface area contributed by atoms with Crippen LogP contribution in [0.25, 0.3) is 0 Å². The molecule has 20 heavy (non-hydrogen) atoms. The van der Waals surface area contributed by atoms with E-state index in [1.54, 1.807) is 0 Å². The quantitative estimate of drug-likeness (QED) is 0.838. The van der Waals surface area contributed by atoms with Crippen LogP contribution in [0.3, 0.4) is 0 Å². The lowest BCUT2D eigenvalue weighted by Gasteiger charge is -2.33. The smallest absolute Gasteiger partial charge is 0.0951 e. The van der Waals surface area contributed by atoms with Crippen LogP contribution in [0.5, 0.6) is 0 Å². The van der Waals surface area contributed by atoms with E-state index in [1.165, 1.54) is 0 Å². The third-order valence-corrected chi connectivity index (χ3v) is 4.67. The zero-order valence-corrected chi connectivity index (χ0v) is 12.4. The highest BCUT2D eigenvalue weighted by Crippen LogP contribution is 2.23. The summed E-state index contributed by atoms with van der Waals surface area (Å²) in [5.74, 6) is 0. The molecular weight excluding hydrogens is 280 g/mol. The lowest BCUT2D eigenvalue weighted by atomic mass is 10.2. The van der Waals surface area contributed by atoms with Crippen LogP contribution in [0.15, 0.2) is 0 Å². The highest BCUT2D eigenvalue weighted by Gasteiger charge is 2.36. The van der Waals surface area contributed by atoms with E-state index in [9.17, 15) is 5.11 Å². The van der Waals surface area contributed by atoms with E-state index in [2.05, 4.69) is 20.0 Å². The number of morpholine rings is 1. The zero-order chi connectivity index (χ0) is 14.1. The van der Waals surface area contributed by atoms with Crippen molar-refractivity contribution in [1.29, 1.82) is 0 Å². The summed E-state index contributed by atoms with van der Waals surface area (Å²) in [6, 6.07) is 0.192. The molecule has 1 aromatic rings. The average Bonchev–Trinajstić information content (AvgIpc) is 2.97. The lowest BCUT2D eigenvalue weighted by molar-refractivity contribution is -0.00618. The van der Waals surface area contributed by atoms with Gasteiger partial charge < -0.3 is 9.84 Å². The molecular formula is C13H21ClN4O2. The van der Waals surface area contributed by atoms with Crippen molar-refractivity contribution < 1.29 is 9.84 Å². The predicted octanol–water partition coefficient (Wildman–Crippen LogP) is 0.249. The zero-order valence-electron chi connectivity index (χ0n) is 11.7. The van der Waals surface area contributed by atoms with Gasteiger partial charge in [-0.1, -0.05) is 11.6 Å². The summed E-state index contributed by atoms with van der Waals surface area (Å²) in [7, 11) is 0. The van der Waals surface area contributed by atoms with Crippen molar-refractivity contribution in [1.82, 2.24) is 20.0 Å². The number of halogens is 1. The number of aliphatic hydroxyl groups is 1. The highest BCUT2D eigenvalue weighted by molar-refractivity contribution is 6.31. The molecule has 0 radical (unpaired) electrons. The van der Waals surface area contributed by atoms with Crippen LogP contribution in [-0.2, 0) is 11.3 Å². The number of nitrogens with zero attached hydrogens (tertiary/aromatic N) is 3. The monoisotopic (exact) mass is 300 g/mol. The van der Waals surface area contributed by atoms with E-state index in [0.717, 1.165) is 44.2 Å². The summed E-state index contributed by atoms with van der Waals surface area (Å²) >= 11 is 6.20. The molecule has 1 aromatic heterocycles. The second-order valence-corrected chi connectivity index (χ2v) is 5.96. The molecule has 112 valence electrons. The van der Waals surface area contributed by atoms with E-state index in [4.69, 9.17) is 16.3 Å². The molecule has 0 saturated carbocycles. The Labute approximate surface area is 123 Å². The molecule has 0 aromatic carbocycles. The van der Waals surface area contributed by atoms with E-state index < -0.39 is 0 Å². The van der Waals surface area contributed by atoms with Gasteiger partial charge in [-0.05, 0) is 6.92 Å². The SMILES string of the molecule is Cc1[nH]nc(CN2C[C@H](O)[C@@H](N3CCOCC3)C2)c1Cl. The number of likely N-dealkylation sites (tertiary alicyclic amines) is 1. The Bertz CT molecular complexity index is 461. The molecule has 7 heteroatoms. The molecule has 0 bridgehead atoms. The largest absolute Gasteiger partial charge is 0.390 e. The number of aromatic nitrogens is 2. The molecule has 3 rings (SSSR count). The molecule has 2 N–H and O–H groups in total. The molecule has 6 nitrogen and oxygen atoms in total. The van der Waals surface area contributed by atoms with E-state index in [0.29, 0.717) is 18.1 Å². The van der Waals surface area contributed by atoms with Gasteiger partial charge in [-0.25, -0.2) is 0 Å². The Morgan fingerprint density at radius 2 is 2.15 bits per heavy atom. The van der Waals surface area contributed by atoms with Crippen molar-refractivity contribution >= 4 is 11.6 Å². The summed E-state index contributed by atoms with van der Waals surface area (Å²) in [4.78, 5) is 4.54. The van der Waals surface area contributed by atoms with Crippen LogP contribution < -0.4 is 0 Å². The summed E-state index contributed by atoms with van der Waals surface area (Å²) in [6.45, 7) is 7.43. The molecule has 0 aliphatic carbocycles. The van der Waals surface area contributed by atoms with Gasteiger partial charge >= 0.3 is 0 Å². The van der Waals surface area contributed by atoms with Crippen molar-refractivity contribution in [2.45, 2.75) is 25.6 Å². The third kappa shape index (κ3) is 2.84. The number of β-amino-alcohol motifs (C(OH)–C–C–N with tert-alkyl or cyclic N) is 1. The Kier molecular flexibility index (Phi) is 4.28. The van der Waals surface area contributed by atoms with Gasteiger partial charge in [0.05, 0.1) is 35.7 Å². The van der Waals surface area contributed by atoms with Crippen molar-refractivity contribution in [3.8, 4) is 0 Å². The van der Waals surface area contributed by atoms with Gasteiger partial charge in [-0.3, -0.25) is 14.9 Å². The molecule has 0 spiro atoms. The molecule has 2 fully saturated rings. The van der Waals surface area contributed by atoms with Gasteiger partial charge in [0.25, 0.3) is 0 Å². The van der Waals surface area contributed by atoms with Crippen LogP contribution in [0.4, 0.5) is 0 Å². The first kappa shape index (κ1) is 14.3. The molecule has 3 heterocycles. The maximum absolute atomic E-state index is 10.3. The number of aromatic amines is 1. The molecule has 0 unspecified atom stereocenters. The van der Waals surface area contributed by atoms with Gasteiger partial charge in [-0.2, -0.15) is 5.10 Å². The second kappa shape index (κ2) is 5.99. The first-order chi connectivity index (χ1) is 9.65. The third-order valence-electron chi connectivity index (χ3n) is 4.16. The topological polar surface area (TPSA) is 64.6 Å². The van der Waals surface area contributed by atoms with Crippen LogP contribution in [0.2, 0.25) is 5.02 Å². The number of nitrogens with one attached hydrogen (secondary N) is 1. The summed E-state index contributed by atoms with van der Waals surface area (Å²) in [5, 5.41) is 18.1. The van der Waals surface area contributed by atoms with Crippen molar-refractivity contribution in [2.24, 2.45) is 0 Å². The Balaban J connectivity index is 1.61. The number of H-pyrrole nitrogens is 1.